The molecule has 0 saturated carbocycles. The fourth-order valence-corrected chi connectivity index (χ4v) is 6.22. The number of benzene rings is 3. The summed E-state index contributed by atoms with van der Waals surface area (Å²) in [6, 6.07) is 26.5. The maximum absolute atomic E-state index is 6.14. The molecule has 34 heavy (non-hydrogen) atoms. The molecule has 0 aromatic heterocycles. The van der Waals surface area contributed by atoms with Gasteiger partial charge in [-0.3, -0.25) is 0 Å². The fourth-order valence-electron chi connectivity index (χ4n) is 3.87. The van der Waals surface area contributed by atoms with Gasteiger partial charge < -0.3 is 8.37 Å². The van der Waals surface area contributed by atoms with Crippen LogP contribution >= 0.6 is 36.0 Å². The standard InChI is InChI=1S/C28H33NO2S3/c1-21-7-13-26(14-8-21)32-29-24(19-30-33-27-15-9-22(2)10-16-27)5-4-6-25(29)20-31-34-28-17-11-23(3)12-18-28/h7-18,24-25H,4-6,19-20H2,1-3H3. The van der Waals surface area contributed by atoms with Crippen LogP contribution in [0.1, 0.15) is 36.0 Å². The summed E-state index contributed by atoms with van der Waals surface area (Å²) in [5.41, 5.74) is 3.82. The van der Waals surface area contributed by atoms with E-state index in [2.05, 4.69) is 97.9 Å². The second-order valence-corrected chi connectivity index (χ2v) is 11.7. The van der Waals surface area contributed by atoms with Gasteiger partial charge in [0.25, 0.3) is 0 Å². The number of rotatable bonds is 10. The third kappa shape index (κ3) is 7.80. The van der Waals surface area contributed by atoms with E-state index >= 15 is 0 Å². The van der Waals surface area contributed by atoms with E-state index in [4.69, 9.17) is 8.37 Å². The highest BCUT2D eigenvalue weighted by Crippen LogP contribution is 2.36. The minimum atomic E-state index is 0.343. The zero-order valence-corrected chi connectivity index (χ0v) is 22.6. The van der Waals surface area contributed by atoms with Crippen molar-refractivity contribution in [2.75, 3.05) is 13.2 Å². The molecule has 2 atom stereocenters. The van der Waals surface area contributed by atoms with Gasteiger partial charge in [-0.1, -0.05) is 59.5 Å². The highest BCUT2D eigenvalue weighted by Gasteiger charge is 2.32. The van der Waals surface area contributed by atoms with Crippen molar-refractivity contribution >= 4 is 36.0 Å². The van der Waals surface area contributed by atoms with Crippen LogP contribution in [0.4, 0.5) is 0 Å². The molecule has 0 radical (unpaired) electrons. The highest BCUT2D eigenvalue weighted by atomic mass is 32.2. The second kappa shape index (κ2) is 13.1. The Morgan fingerprint density at radius 1 is 0.618 bits per heavy atom. The first-order valence-electron chi connectivity index (χ1n) is 11.8. The fraction of sp³-hybridized carbons (Fsp3) is 0.357. The molecule has 180 valence electrons. The summed E-state index contributed by atoms with van der Waals surface area (Å²) in [5.74, 6) is 0. The van der Waals surface area contributed by atoms with E-state index in [1.165, 1.54) is 52.1 Å². The van der Waals surface area contributed by atoms with Gasteiger partial charge in [0.2, 0.25) is 0 Å². The van der Waals surface area contributed by atoms with Crippen LogP contribution in [0.15, 0.2) is 87.5 Å². The van der Waals surface area contributed by atoms with Gasteiger partial charge >= 0.3 is 0 Å². The first kappa shape index (κ1) is 25.7. The number of hydrogen-bond donors (Lipinski definition) is 0. The molecule has 0 amide bonds. The first-order chi connectivity index (χ1) is 16.6. The molecule has 0 spiro atoms. The average molecular weight is 512 g/mol. The van der Waals surface area contributed by atoms with Gasteiger partial charge in [0.05, 0.1) is 13.2 Å². The van der Waals surface area contributed by atoms with Crippen LogP contribution < -0.4 is 0 Å². The van der Waals surface area contributed by atoms with Gasteiger partial charge in [-0.15, -0.1) is 0 Å². The summed E-state index contributed by atoms with van der Waals surface area (Å²) in [6.45, 7) is 7.74. The number of hydrogen-bond acceptors (Lipinski definition) is 6. The van der Waals surface area contributed by atoms with Crippen LogP contribution in [-0.4, -0.2) is 29.6 Å². The lowest BCUT2D eigenvalue weighted by Gasteiger charge is -2.40. The van der Waals surface area contributed by atoms with Gasteiger partial charge in [0.15, 0.2) is 0 Å². The van der Waals surface area contributed by atoms with Crippen molar-refractivity contribution in [1.29, 1.82) is 0 Å². The Kier molecular flexibility index (Phi) is 9.86. The third-order valence-corrected chi connectivity index (χ3v) is 8.63. The minimum Gasteiger partial charge on any atom is -0.309 e. The van der Waals surface area contributed by atoms with Gasteiger partial charge in [-0.05, 0) is 82.0 Å². The molecule has 1 saturated heterocycles. The van der Waals surface area contributed by atoms with Crippen LogP contribution in [0.5, 0.6) is 0 Å². The van der Waals surface area contributed by atoms with E-state index in [-0.39, 0.29) is 0 Å². The predicted molar refractivity (Wildman–Crippen MR) is 146 cm³/mol. The van der Waals surface area contributed by atoms with Crippen LogP contribution in [-0.2, 0) is 8.37 Å². The molecule has 3 nitrogen and oxygen atoms in total. The van der Waals surface area contributed by atoms with Crippen molar-refractivity contribution in [3.8, 4) is 0 Å². The Labute approximate surface area is 217 Å². The van der Waals surface area contributed by atoms with E-state index in [0.29, 0.717) is 25.3 Å². The quantitative estimate of drug-likeness (QED) is 0.200. The minimum absolute atomic E-state index is 0.343. The molecule has 3 aromatic rings. The summed E-state index contributed by atoms with van der Waals surface area (Å²) in [4.78, 5) is 3.56. The molecule has 0 bridgehead atoms. The largest absolute Gasteiger partial charge is 0.309 e. The third-order valence-electron chi connectivity index (χ3n) is 5.90. The van der Waals surface area contributed by atoms with Crippen LogP contribution in [0.3, 0.4) is 0 Å². The Morgan fingerprint density at radius 2 is 1.00 bits per heavy atom. The summed E-state index contributed by atoms with van der Waals surface area (Å²) >= 11 is 4.80. The zero-order chi connectivity index (χ0) is 23.8. The Bertz CT molecular complexity index is 950. The molecule has 1 aliphatic rings. The van der Waals surface area contributed by atoms with Crippen LogP contribution in [0, 0.1) is 20.8 Å². The van der Waals surface area contributed by atoms with E-state index < -0.39 is 0 Å². The van der Waals surface area contributed by atoms with Gasteiger partial charge in [0, 0.05) is 50.9 Å². The Balaban J connectivity index is 1.38. The van der Waals surface area contributed by atoms with E-state index in [1.807, 2.05) is 11.9 Å². The van der Waals surface area contributed by atoms with Crippen molar-refractivity contribution in [3.05, 3.63) is 89.5 Å². The lowest BCUT2D eigenvalue weighted by molar-refractivity contribution is 0.118. The number of nitrogens with zero attached hydrogens (tertiary/aromatic N) is 1. The van der Waals surface area contributed by atoms with Crippen molar-refractivity contribution in [2.45, 2.75) is 66.8 Å². The second-order valence-electron chi connectivity index (χ2n) is 8.86. The molecule has 1 aliphatic heterocycles. The lowest BCUT2D eigenvalue weighted by atomic mass is 9.99. The van der Waals surface area contributed by atoms with Crippen molar-refractivity contribution < 1.29 is 8.37 Å². The molecular weight excluding hydrogens is 479 g/mol. The molecule has 0 aliphatic carbocycles. The molecule has 3 aromatic carbocycles. The normalized spacial score (nSPS) is 18.8. The summed E-state index contributed by atoms with van der Waals surface area (Å²) in [5, 5.41) is 0. The zero-order valence-electron chi connectivity index (χ0n) is 20.1. The van der Waals surface area contributed by atoms with E-state index in [9.17, 15) is 0 Å². The predicted octanol–water partition coefficient (Wildman–Crippen LogP) is 8.29. The molecule has 0 N–H and O–H groups in total. The van der Waals surface area contributed by atoms with Gasteiger partial charge in [-0.25, -0.2) is 4.31 Å². The molecule has 1 heterocycles. The van der Waals surface area contributed by atoms with E-state index in [1.54, 1.807) is 0 Å². The Morgan fingerprint density at radius 3 is 1.41 bits per heavy atom. The van der Waals surface area contributed by atoms with Gasteiger partial charge in [0.1, 0.15) is 0 Å². The molecule has 6 heteroatoms. The summed E-state index contributed by atoms with van der Waals surface area (Å²) in [6.07, 6.45) is 3.46. The monoisotopic (exact) mass is 511 g/mol. The summed E-state index contributed by atoms with van der Waals surface area (Å²) in [7, 11) is 0. The van der Waals surface area contributed by atoms with Crippen LogP contribution in [0.2, 0.25) is 0 Å². The molecule has 1 fully saturated rings. The maximum Gasteiger partial charge on any atom is 0.0783 e. The van der Waals surface area contributed by atoms with Crippen molar-refractivity contribution in [2.24, 2.45) is 0 Å². The van der Waals surface area contributed by atoms with E-state index in [0.717, 1.165) is 22.6 Å². The van der Waals surface area contributed by atoms with Crippen molar-refractivity contribution in [1.82, 2.24) is 4.31 Å². The molecular formula is C28H33NO2S3. The molecule has 4 rings (SSSR count). The average Bonchev–Trinajstić information content (AvgIpc) is 2.84. The lowest BCUT2D eigenvalue weighted by Crippen LogP contribution is -2.46. The maximum atomic E-state index is 6.14. The van der Waals surface area contributed by atoms with Crippen molar-refractivity contribution in [3.63, 3.8) is 0 Å². The topological polar surface area (TPSA) is 21.7 Å². The first-order valence-corrected chi connectivity index (χ1v) is 14.1. The highest BCUT2D eigenvalue weighted by molar-refractivity contribution is 7.97. The Hall–Kier alpha value is -1.41. The van der Waals surface area contributed by atoms with Crippen LogP contribution in [0.25, 0.3) is 0 Å². The number of piperidine rings is 1. The smallest absolute Gasteiger partial charge is 0.0783 e. The summed E-state index contributed by atoms with van der Waals surface area (Å²) < 4.78 is 14.8. The SMILES string of the molecule is Cc1ccc(SOCC2CCCC(COSc3ccc(C)cc3)N2Sc2ccc(C)cc2)cc1. The van der Waals surface area contributed by atoms with Gasteiger partial charge in [-0.2, -0.15) is 0 Å². The molecule has 2 unspecified atom stereocenters. The number of aryl methyl sites for hydroxylation is 3.